The number of aryl methyl sites for hydroxylation is 1. The number of benzene rings is 2. The standard InChI is InChI=1S/C21H27FN2O4S/c1-5-19(24(29(4,26)27)18-12-10-17(22)11-13-18)21(25)23-16(3)14-28-20-9-7-6-8-15(20)2/h6-13,16,19H,5,14H2,1-4H3,(H,23,25). The van der Waals surface area contributed by atoms with Gasteiger partial charge in [-0.25, -0.2) is 12.8 Å². The van der Waals surface area contributed by atoms with Gasteiger partial charge < -0.3 is 10.1 Å². The van der Waals surface area contributed by atoms with Crippen molar-refractivity contribution in [1.29, 1.82) is 0 Å². The average molecular weight is 423 g/mol. The Labute approximate surface area is 171 Å². The molecule has 6 nitrogen and oxygen atoms in total. The Hall–Kier alpha value is -2.61. The molecule has 1 amide bonds. The van der Waals surface area contributed by atoms with Gasteiger partial charge in [-0.05, 0) is 56.2 Å². The second-order valence-corrected chi connectivity index (χ2v) is 8.80. The smallest absolute Gasteiger partial charge is 0.244 e. The summed E-state index contributed by atoms with van der Waals surface area (Å²) in [7, 11) is -3.77. The van der Waals surface area contributed by atoms with Crippen LogP contribution < -0.4 is 14.4 Å². The van der Waals surface area contributed by atoms with Gasteiger partial charge in [0.15, 0.2) is 0 Å². The molecule has 0 fully saturated rings. The van der Waals surface area contributed by atoms with Crippen molar-refractivity contribution in [3.63, 3.8) is 0 Å². The summed E-state index contributed by atoms with van der Waals surface area (Å²) in [5, 5.41) is 2.81. The molecule has 0 bridgehead atoms. The predicted octanol–water partition coefficient (Wildman–Crippen LogP) is 3.26. The van der Waals surface area contributed by atoms with Gasteiger partial charge in [0.1, 0.15) is 24.2 Å². The lowest BCUT2D eigenvalue weighted by Crippen LogP contribution is -2.52. The molecule has 29 heavy (non-hydrogen) atoms. The fourth-order valence-electron chi connectivity index (χ4n) is 2.96. The fraction of sp³-hybridized carbons (Fsp3) is 0.381. The Morgan fingerprint density at radius 1 is 1.17 bits per heavy atom. The molecule has 0 saturated carbocycles. The highest BCUT2D eigenvalue weighted by atomic mass is 32.2. The molecule has 2 atom stereocenters. The van der Waals surface area contributed by atoms with E-state index in [-0.39, 0.29) is 24.8 Å². The first-order chi connectivity index (χ1) is 13.6. The van der Waals surface area contributed by atoms with Crippen molar-refractivity contribution in [3.8, 4) is 5.75 Å². The second-order valence-electron chi connectivity index (χ2n) is 6.95. The molecular formula is C21H27FN2O4S. The van der Waals surface area contributed by atoms with Gasteiger partial charge in [0.05, 0.1) is 18.0 Å². The molecule has 0 heterocycles. The molecule has 0 aliphatic rings. The molecule has 0 spiro atoms. The van der Waals surface area contributed by atoms with E-state index in [2.05, 4.69) is 5.32 Å². The van der Waals surface area contributed by atoms with Crippen molar-refractivity contribution in [2.45, 2.75) is 39.3 Å². The van der Waals surface area contributed by atoms with E-state index in [9.17, 15) is 17.6 Å². The van der Waals surface area contributed by atoms with Crippen molar-refractivity contribution in [3.05, 3.63) is 59.9 Å². The molecule has 0 aliphatic carbocycles. The Morgan fingerprint density at radius 3 is 2.34 bits per heavy atom. The molecule has 0 saturated heterocycles. The van der Waals surface area contributed by atoms with Crippen LogP contribution in [0.4, 0.5) is 10.1 Å². The molecule has 2 unspecified atom stereocenters. The highest BCUT2D eigenvalue weighted by Gasteiger charge is 2.32. The van der Waals surface area contributed by atoms with Crippen LogP contribution >= 0.6 is 0 Å². The summed E-state index contributed by atoms with van der Waals surface area (Å²) >= 11 is 0. The van der Waals surface area contributed by atoms with E-state index in [1.165, 1.54) is 12.1 Å². The molecule has 158 valence electrons. The Morgan fingerprint density at radius 2 is 1.79 bits per heavy atom. The third kappa shape index (κ3) is 6.19. The maximum Gasteiger partial charge on any atom is 0.244 e. The zero-order valence-electron chi connectivity index (χ0n) is 17.1. The van der Waals surface area contributed by atoms with Crippen molar-refractivity contribution in [1.82, 2.24) is 5.32 Å². The number of rotatable bonds is 9. The van der Waals surface area contributed by atoms with E-state index in [4.69, 9.17) is 4.74 Å². The number of carbonyl (C=O) groups is 1. The first kappa shape index (κ1) is 22.7. The van der Waals surface area contributed by atoms with Crippen LogP contribution in [0.15, 0.2) is 48.5 Å². The van der Waals surface area contributed by atoms with Gasteiger partial charge in [-0.2, -0.15) is 0 Å². The number of amides is 1. The van der Waals surface area contributed by atoms with Gasteiger partial charge in [-0.1, -0.05) is 25.1 Å². The first-order valence-corrected chi connectivity index (χ1v) is 11.2. The molecule has 2 aromatic rings. The van der Waals surface area contributed by atoms with Crippen LogP contribution in [0.2, 0.25) is 0 Å². The maximum atomic E-state index is 13.3. The van der Waals surface area contributed by atoms with E-state index >= 15 is 0 Å². The van der Waals surface area contributed by atoms with Crippen molar-refractivity contribution in [2.75, 3.05) is 17.2 Å². The first-order valence-electron chi connectivity index (χ1n) is 9.37. The SMILES string of the molecule is CCC(C(=O)NC(C)COc1ccccc1C)N(c1ccc(F)cc1)S(C)(=O)=O. The Kier molecular flexibility index (Phi) is 7.61. The number of halogens is 1. The summed E-state index contributed by atoms with van der Waals surface area (Å²) in [5.41, 5.74) is 1.22. The number of nitrogens with zero attached hydrogens (tertiary/aromatic N) is 1. The monoisotopic (exact) mass is 422 g/mol. The lowest BCUT2D eigenvalue weighted by Gasteiger charge is -2.31. The van der Waals surface area contributed by atoms with Gasteiger partial charge in [-0.15, -0.1) is 0 Å². The largest absolute Gasteiger partial charge is 0.491 e. The maximum absolute atomic E-state index is 13.3. The minimum Gasteiger partial charge on any atom is -0.491 e. The van der Waals surface area contributed by atoms with Crippen molar-refractivity contribution < 1.29 is 22.3 Å². The number of nitrogens with one attached hydrogen (secondary N) is 1. The highest BCUT2D eigenvalue weighted by molar-refractivity contribution is 7.92. The second kappa shape index (κ2) is 9.73. The van der Waals surface area contributed by atoms with E-state index in [1.54, 1.807) is 13.8 Å². The molecular weight excluding hydrogens is 395 g/mol. The third-order valence-electron chi connectivity index (χ3n) is 4.38. The third-order valence-corrected chi connectivity index (χ3v) is 5.56. The number of sulfonamides is 1. The summed E-state index contributed by atoms with van der Waals surface area (Å²) in [4.78, 5) is 12.8. The minimum absolute atomic E-state index is 0.236. The molecule has 0 radical (unpaired) electrons. The molecule has 8 heteroatoms. The summed E-state index contributed by atoms with van der Waals surface area (Å²) in [6.45, 7) is 5.67. The van der Waals surface area contributed by atoms with Crippen LogP contribution in [-0.2, 0) is 14.8 Å². The molecule has 1 N–H and O–H groups in total. The number of hydrogen-bond acceptors (Lipinski definition) is 4. The van der Waals surface area contributed by atoms with Crippen LogP contribution in [0.1, 0.15) is 25.8 Å². The molecule has 0 aromatic heterocycles. The van der Waals surface area contributed by atoms with E-state index < -0.39 is 27.8 Å². The van der Waals surface area contributed by atoms with Crippen LogP contribution in [0.3, 0.4) is 0 Å². The van der Waals surface area contributed by atoms with Crippen LogP contribution in [-0.4, -0.2) is 39.3 Å². The number of anilines is 1. The molecule has 0 aliphatic heterocycles. The number of carbonyl (C=O) groups excluding carboxylic acids is 1. The van der Waals surface area contributed by atoms with E-state index in [0.29, 0.717) is 0 Å². The molecule has 2 rings (SSSR count). The quantitative estimate of drug-likeness (QED) is 0.673. The zero-order chi connectivity index (χ0) is 21.6. The summed E-state index contributed by atoms with van der Waals surface area (Å²) < 4.78 is 44.8. The summed E-state index contributed by atoms with van der Waals surface area (Å²) in [5.74, 6) is -0.200. The highest BCUT2D eigenvalue weighted by Crippen LogP contribution is 2.23. The lowest BCUT2D eigenvalue weighted by molar-refractivity contribution is -0.123. The Bertz CT molecular complexity index is 932. The zero-order valence-corrected chi connectivity index (χ0v) is 17.9. The van der Waals surface area contributed by atoms with Crippen molar-refractivity contribution >= 4 is 21.6 Å². The number of para-hydroxylation sites is 1. The number of hydrogen-bond donors (Lipinski definition) is 1. The van der Waals surface area contributed by atoms with Crippen LogP contribution in [0.25, 0.3) is 0 Å². The van der Waals surface area contributed by atoms with E-state index in [0.717, 1.165) is 34.0 Å². The van der Waals surface area contributed by atoms with Gasteiger partial charge in [0.25, 0.3) is 0 Å². The summed E-state index contributed by atoms with van der Waals surface area (Å²) in [6, 6.07) is 11.3. The van der Waals surface area contributed by atoms with Crippen molar-refractivity contribution in [2.24, 2.45) is 0 Å². The normalized spacial score (nSPS) is 13.4. The summed E-state index contributed by atoms with van der Waals surface area (Å²) in [6.07, 6.45) is 1.28. The number of ether oxygens (including phenoxy) is 1. The van der Waals surface area contributed by atoms with Gasteiger partial charge >= 0.3 is 0 Å². The average Bonchev–Trinajstić information content (AvgIpc) is 2.65. The van der Waals surface area contributed by atoms with E-state index in [1.807, 2.05) is 31.2 Å². The van der Waals surface area contributed by atoms with Crippen LogP contribution in [0, 0.1) is 12.7 Å². The van der Waals surface area contributed by atoms with Gasteiger partial charge in [-0.3, -0.25) is 9.10 Å². The van der Waals surface area contributed by atoms with Crippen LogP contribution in [0.5, 0.6) is 5.75 Å². The fourth-order valence-corrected chi connectivity index (χ4v) is 4.17. The predicted molar refractivity (Wildman–Crippen MR) is 112 cm³/mol. The Balaban J connectivity index is 2.12. The van der Waals surface area contributed by atoms with Gasteiger partial charge in [0.2, 0.25) is 15.9 Å². The van der Waals surface area contributed by atoms with Gasteiger partial charge in [0, 0.05) is 0 Å². The minimum atomic E-state index is -3.77. The topological polar surface area (TPSA) is 75.7 Å². The molecule has 2 aromatic carbocycles. The lowest BCUT2D eigenvalue weighted by atomic mass is 10.1.